The van der Waals surface area contributed by atoms with E-state index in [4.69, 9.17) is 6.57 Å². The molecule has 3 aromatic carbocycles. The van der Waals surface area contributed by atoms with E-state index in [0.717, 1.165) is 16.8 Å². The van der Waals surface area contributed by atoms with Gasteiger partial charge in [0.15, 0.2) is 11.4 Å². The third-order valence-corrected chi connectivity index (χ3v) is 8.59. The number of anilines is 4. The second-order valence-corrected chi connectivity index (χ2v) is 12.5. The van der Waals surface area contributed by atoms with Crippen molar-refractivity contribution < 1.29 is 19.1 Å². The Bertz CT molecular complexity index is 2310. The average Bonchev–Trinajstić information content (AvgIpc) is 3.59. The molecule has 0 spiro atoms. The Balaban J connectivity index is 1.16. The van der Waals surface area contributed by atoms with Gasteiger partial charge in [0, 0.05) is 56.3 Å². The number of rotatable bonds is 17. The molecule has 0 saturated carbocycles. The molecule has 55 heavy (non-hydrogen) atoms. The van der Waals surface area contributed by atoms with Crippen molar-refractivity contribution in [1.29, 1.82) is 0 Å². The van der Waals surface area contributed by atoms with E-state index in [1.807, 2.05) is 31.2 Å². The lowest BCUT2D eigenvalue weighted by Gasteiger charge is -2.21. The van der Waals surface area contributed by atoms with Gasteiger partial charge in [-0.3, -0.25) is 19.5 Å². The second-order valence-electron chi connectivity index (χ2n) is 12.5. The Kier molecular flexibility index (Phi) is 12.1. The molecule has 1 amide bonds. The fourth-order valence-corrected chi connectivity index (χ4v) is 5.79. The van der Waals surface area contributed by atoms with Crippen LogP contribution in [0.1, 0.15) is 34.1 Å². The smallest absolute Gasteiger partial charge is 0.326 e. The molecule has 1 aliphatic rings. The third kappa shape index (κ3) is 10.3. The average molecular weight is 745 g/mol. The van der Waals surface area contributed by atoms with Crippen molar-refractivity contribution in [3.05, 3.63) is 129 Å². The fourth-order valence-electron chi connectivity index (χ4n) is 5.79. The number of aliphatic imine (C=N–C) groups is 1. The van der Waals surface area contributed by atoms with Crippen molar-refractivity contribution in [3.8, 4) is 0 Å². The first-order valence-corrected chi connectivity index (χ1v) is 17.4. The van der Waals surface area contributed by atoms with Gasteiger partial charge in [0.1, 0.15) is 11.9 Å². The lowest BCUT2D eigenvalue weighted by Crippen LogP contribution is -2.37. The van der Waals surface area contributed by atoms with Gasteiger partial charge in [-0.05, 0) is 47.5 Å². The number of amides is 1. The van der Waals surface area contributed by atoms with E-state index in [1.165, 1.54) is 24.5 Å². The maximum atomic E-state index is 13.8. The highest BCUT2D eigenvalue weighted by molar-refractivity contribution is 5.96. The summed E-state index contributed by atoms with van der Waals surface area (Å²) in [5.41, 5.74) is 4.23. The molecule has 16 nitrogen and oxygen atoms in total. The molecule has 2 aromatic heterocycles. The number of nitrogens with zero attached hydrogens (tertiary/aromatic N) is 7. The number of hydrogen-bond donors (Lipinski definition) is 6. The number of hydrogen-bond acceptors (Lipinski definition) is 12. The van der Waals surface area contributed by atoms with Crippen molar-refractivity contribution >= 4 is 52.5 Å². The number of nitrogens with one attached hydrogen (secondary N) is 5. The largest absolute Gasteiger partial charge is 0.480 e. The number of carbonyl (C=O) groups excluding carboxylic acids is 1. The van der Waals surface area contributed by atoms with Gasteiger partial charge in [-0.2, -0.15) is 15.0 Å². The maximum absolute atomic E-state index is 13.8. The number of carbonyl (C=O) groups is 2. The van der Waals surface area contributed by atoms with Crippen LogP contribution in [-0.4, -0.2) is 84.7 Å². The van der Waals surface area contributed by atoms with Crippen LogP contribution in [0.4, 0.5) is 39.3 Å². The monoisotopic (exact) mass is 744 g/mol. The SMILES string of the molecule is [C-]#[N+]c1ccc(C[C@H](Nc2nc(NCC3=Nc4cc(F)ccc4C3)nc(Nc3cccc(CN(CC)CCNC(=O)c4ncc[nH]c4=O)c3)n2)C(=O)O)cc1. The predicted octanol–water partition coefficient (Wildman–Crippen LogP) is 4.49. The molecule has 3 heterocycles. The van der Waals surface area contributed by atoms with E-state index in [1.54, 1.807) is 30.3 Å². The number of benzene rings is 3. The van der Waals surface area contributed by atoms with Crippen LogP contribution in [0.25, 0.3) is 4.85 Å². The van der Waals surface area contributed by atoms with Gasteiger partial charge in [0.2, 0.25) is 17.8 Å². The first-order valence-electron chi connectivity index (χ1n) is 17.4. The molecule has 6 N–H and O–H groups in total. The van der Waals surface area contributed by atoms with Crippen LogP contribution in [0, 0.1) is 12.4 Å². The summed E-state index contributed by atoms with van der Waals surface area (Å²) < 4.78 is 13.8. The zero-order valence-electron chi connectivity index (χ0n) is 29.7. The summed E-state index contributed by atoms with van der Waals surface area (Å²) in [4.78, 5) is 66.5. The minimum Gasteiger partial charge on any atom is -0.480 e. The Morgan fingerprint density at radius 1 is 1.04 bits per heavy atom. The van der Waals surface area contributed by atoms with Crippen LogP contribution in [0.5, 0.6) is 0 Å². The molecule has 1 aliphatic heterocycles. The number of carboxylic acids is 1. The second kappa shape index (κ2) is 17.6. The van der Waals surface area contributed by atoms with E-state index in [0.29, 0.717) is 55.2 Å². The van der Waals surface area contributed by atoms with Crippen molar-refractivity contribution in [2.24, 2.45) is 4.99 Å². The molecule has 280 valence electrons. The first-order chi connectivity index (χ1) is 26.6. The molecular formula is C38H37FN12O4. The van der Waals surface area contributed by atoms with Gasteiger partial charge in [0.05, 0.1) is 18.8 Å². The predicted molar refractivity (Wildman–Crippen MR) is 205 cm³/mol. The van der Waals surface area contributed by atoms with Gasteiger partial charge < -0.3 is 31.4 Å². The summed E-state index contributed by atoms with van der Waals surface area (Å²) in [7, 11) is 0. The molecule has 0 aliphatic carbocycles. The van der Waals surface area contributed by atoms with Gasteiger partial charge >= 0.3 is 5.97 Å². The van der Waals surface area contributed by atoms with Gasteiger partial charge in [-0.25, -0.2) is 19.0 Å². The quantitative estimate of drug-likeness (QED) is 0.0729. The first kappa shape index (κ1) is 37.7. The van der Waals surface area contributed by atoms with Crippen LogP contribution in [0.2, 0.25) is 0 Å². The van der Waals surface area contributed by atoms with Gasteiger partial charge in [-0.1, -0.05) is 49.4 Å². The van der Waals surface area contributed by atoms with Crippen molar-refractivity contribution in [3.63, 3.8) is 0 Å². The fraction of sp³-hybridized carbons (Fsp3) is 0.237. The third-order valence-electron chi connectivity index (χ3n) is 8.59. The highest BCUT2D eigenvalue weighted by Crippen LogP contribution is 2.27. The summed E-state index contributed by atoms with van der Waals surface area (Å²) in [5.74, 6) is -1.74. The summed E-state index contributed by atoms with van der Waals surface area (Å²) in [6.45, 7) is 11.5. The number of fused-ring (bicyclic) bond motifs is 1. The Hall–Kier alpha value is -7.06. The number of aliphatic carboxylic acids is 1. The van der Waals surface area contributed by atoms with E-state index in [2.05, 4.69) is 60.9 Å². The summed E-state index contributed by atoms with van der Waals surface area (Å²) in [5, 5.41) is 22.1. The molecule has 17 heteroatoms. The minimum atomic E-state index is -1.12. The summed E-state index contributed by atoms with van der Waals surface area (Å²) in [6, 6.07) is 17.6. The van der Waals surface area contributed by atoms with E-state index in [9.17, 15) is 23.9 Å². The van der Waals surface area contributed by atoms with Crippen molar-refractivity contribution in [2.45, 2.75) is 32.4 Å². The standard InChI is InChI=1S/C38H37FN12O4/c1-3-51(16-15-43-34(53)32-33(52)42-14-13-41-32)22-24-5-4-6-28(17-24)46-37-48-36(44-21-29-19-25-9-10-26(39)20-30(25)45-29)49-38(50-37)47-31(35(54)55)18-23-7-11-27(40-2)12-8-23/h4-14,17,20,31H,3,15-16,18-19,21-22H2,1H3,(H,42,52)(H,43,53)(H,54,55)(H3,44,46,47,48,49,50)/t31-/m0/s1. The number of aromatic amines is 1. The molecule has 0 saturated heterocycles. The van der Waals surface area contributed by atoms with Crippen LogP contribution < -0.4 is 26.8 Å². The van der Waals surface area contributed by atoms with E-state index < -0.39 is 23.5 Å². The molecule has 5 aromatic rings. The zero-order valence-corrected chi connectivity index (χ0v) is 29.7. The number of halogens is 1. The number of carboxylic acid groups (broad SMARTS) is 1. The van der Waals surface area contributed by atoms with Gasteiger partial charge in [-0.15, -0.1) is 0 Å². The zero-order chi connectivity index (χ0) is 38.7. The van der Waals surface area contributed by atoms with Crippen molar-refractivity contribution in [2.75, 3.05) is 42.1 Å². The summed E-state index contributed by atoms with van der Waals surface area (Å²) in [6.07, 6.45) is 3.33. The normalized spacial score (nSPS) is 12.3. The number of H-pyrrole nitrogens is 1. The van der Waals surface area contributed by atoms with Gasteiger partial charge in [0.25, 0.3) is 11.5 Å². The molecule has 0 fully saturated rings. The lowest BCUT2D eigenvalue weighted by molar-refractivity contribution is -0.137. The minimum absolute atomic E-state index is 0.00643. The van der Waals surface area contributed by atoms with E-state index in [-0.39, 0.29) is 42.3 Å². The Labute approximate surface area is 314 Å². The molecule has 0 unspecified atom stereocenters. The molecular weight excluding hydrogens is 707 g/mol. The topological polar surface area (TPSA) is 207 Å². The van der Waals surface area contributed by atoms with E-state index >= 15 is 0 Å². The highest BCUT2D eigenvalue weighted by atomic mass is 19.1. The molecule has 0 radical (unpaired) electrons. The van der Waals surface area contributed by atoms with Crippen LogP contribution in [0.3, 0.4) is 0 Å². The highest BCUT2D eigenvalue weighted by Gasteiger charge is 2.21. The van der Waals surface area contributed by atoms with Crippen LogP contribution >= 0.6 is 0 Å². The summed E-state index contributed by atoms with van der Waals surface area (Å²) >= 11 is 0. The lowest BCUT2D eigenvalue weighted by atomic mass is 10.1. The molecule has 0 bridgehead atoms. The molecule has 6 rings (SSSR count). The molecule has 1 atom stereocenters. The Morgan fingerprint density at radius 3 is 2.60 bits per heavy atom. The van der Waals surface area contributed by atoms with Crippen LogP contribution in [0.15, 0.2) is 88.9 Å². The van der Waals surface area contributed by atoms with Crippen LogP contribution in [-0.2, 0) is 24.2 Å². The van der Waals surface area contributed by atoms with Crippen molar-refractivity contribution in [1.82, 2.24) is 35.1 Å². The maximum Gasteiger partial charge on any atom is 0.326 e. The number of aromatic nitrogens is 5. The Morgan fingerprint density at radius 2 is 1.84 bits per heavy atom. The number of likely N-dealkylation sites (N-methyl/N-ethyl adjacent to an activating group) is 1.